The van der Waals surface area contributed by atoms with Gasteiger partial charge in [0, 0.05) is 24.5 Å². The predicted molar refractivity (Wildman–Crippen MR) is 81.1 cm³/mol. The first kappa shape index (κ1) is 15.3. The molecule has 0 bridgehead atoms. The summed E-state index contributed by atoms with van der Waals surface area (Å²) in [5.74, 6) is 0. The zero-order valence-corrected chi connectivity index (χ0v) is 13.2. The summed E-state index contributed by atoms with van der Waals surface area (Å²) in [6, 6.07) is 4.38. The lowest BCUT2D eigenvalue weighted by molar-refractivity contribution is -0.00363. The Hall–Kier alpha value is -1.11. The second-order valence-corrected chi connectivity index (χ2v) is 6.29. The Balaban J connectivity index is 1.87. The van der Waals surface area contributed by atoms with Crippen molar-refractivity contribution in [3.05, 3.63) is 22.4 Å². The van der Waals surface area contributed by atoms with Crippen LogP contribution in [0.25, 0.3) is 0 Å². The third-order valence-electron chi connectivity index (χ3n) is 3.47. The van der Waals surface area contributed by atoms with Gasteiger partial charge in [-0.25, -0.2) is 4.79 Å². The molecule has 1 aromatic rings. The molecule has 1 saturated heterocycles. The van der Waals surface area contributed by atoms with Crippen LogP contribution < -0.4 is 5.32 Å². The van der Waals surface area contributed by atoms with Crippen molar-refractivity contribution in [3.8, 4) is 0 Å². The average molecular weight is 297 g/mol. The number of ether oxygens (including phenoxy) is 1. The van der Waals surface area contributed by atoms with Gasteiger partial charge in [0.2, 0.25) is 0 Å². The van der Waals surface area contributed by atoms with E-state index in [1.807, 2.05) is 32.0 Å². The SMILES string of the molecule is C[C@H]1CN(C(=O)NC[C@@H](c2cccs2)N(C)C)CCO1. The molecule has 20 heavy (non-hydrogen) atoms. The zero-order valence-electron chi connectivity index (χ0n) is 12.3. The van der Waals surface area contributed by atoms with Crippen molar-refractivity contribution in [2.24, 2.45) is 0 Å². The van der Waals surface area contributed by atoms with Crippen molar-refractivity contribution < 1.29 is 9.53 Å². The van der Waals surface area contributed by atoms with Gasteiger partial charge >= 0.3 is 6.03 Å². The van der Waals surface area contributed by atoms with Crippen LogP contribution in [0.4, 0.5) is 4.79 Å². The van der Waals surface area contributed by atoms with E-state index in [4.69, 9.17) is 4.74 Å². The van der Waals surface area contributed by atoms with Gasteiger partial charge in [0.15, 0.2) is 0 Å². The summed E-state index contributed by atoms with van der Waals surface area (Å²) in [4.78, 5) is 17.4. The first-order chi connectivity index (χ1) is 9.58. The van der Waals surface area contributed by atoms with E-state index in [0.717, 1.165) is 0 Å². The Morgan fingerprint density at radius 1 is 1.65 bits per heavy atom. The predicted octanol–water partition coefficient (Wildman–Crippen LogP) is 1.78. The fraction of sp³-hybridized carbons (Fsp3) is 0.643. The van der Waals surface area contributed by atoms with E-state index in [1.54, 1.807) is 11.3 Å². The maximum atomic E-state index is 12.2. The summed E-state index contributed by atoms with van der Waals surface area (Å²) in [7, 11) is 4.07. The highest BCUT2D eigenvalue weighted by molar-refractivity contribution is 7.10. The Bertz CT molecular complexity index is 422. The molecule has 112 valence electrons. The van der Waals surface area contributed by atoms with E-state index in [-0.39, 0.29) is 18.2 Å². The van der Waals surface area contributed by atoms with Crippen LogP contribution in [0.15, 0.2) is 17.5 Å². The van der Waals surface area contributed by atoms with Gasteiger partial charge in [-0.05, 0) is 32.5 Å². The van der Waals surface area contributed by atoms with Gasteiger partial charge in [-0.3, -0.25) is 0 Å². The number of rotatable bonds is 4. The van der Waals surface area contributed by atoms with Gasteiger partial charge in [-0.15, -0.1) is 11.3 Å². The maximum absolute atomic E-state index is 12.2. The van der Waals surface area contributed by atoms with Gasteiger partial charge in [-0.1, -0.05) is 6.07 Å². The highest BCUT2D eigenvalue weighted by Crippen LogP contribution is 2.22. The van der Waals surface area contributed by atoms with Crippen LogP contribution in [-0.4, -0.2) is 62.3 Å². The molecular weight excluding hydrogens is 274 g/mol. The van der Waals surface area contributed by atoms with Crippen LogP contribution in [0.3, 0.4) is 0 Å². The Kier molecular flexibility index (Phi) is 5.39. The molecule has 1 fully saturated rings. The minimum Gasteiger partial charge on any atom is -0.375 e. The molecule has 2 amide bonds. The monoisotopic (exact) mass is 297 g/mol. The summed E-state index contributed by atoms with van der Waals surface area (Å²) in [5.41, 5.74) is 0. The number of morpholine rings is 1. The molecule has 6 heteroatoms. The quantitative estimate of drug-likeness (QED) is 0.921. The Labute approximate surface area is 124 Å². The molecule has 1 aromatic heterocycles. The smallest absolute Gasteiger partial charge is 0.317 e. The molecule has 0 aromatic carbocycles. The van der Waals surface area contributed by atoms with Gasteiger partial charge in [0.25, 0.3) is 0 Å². The molecule has 1 N–H and O–H groups in total. The number of urea groups is 1. The van der Waals surface area contributed by atoms with E-state index >= 15 is 0 Å². The number of hydrogen-bond donors (Lipinski definition) is 1. The van der Waals surface area contributed by atoms with Crippen LogP contribution in [-0.2, 0) is 4.74 Å². The van der Waals surface area contributed by atoms with Gasteiger partial charge in [0.1, 0.15) is 0 Å². The largest absolute Gasteiger partial charge is 0.375 e. The van der Waals surface area contributed by atoms with Crippen molar-refractivity contribution in [1.82, 2.24) is 15.1 Å². The van der Waals surface area contributed by atoms with E-state index in [9.17, 15) is 4.79 Å². The maximum Gasteiger partial charge on any atom is 0.317 e. The highest BCUT2D eigenvalue weighted by Gasteiger charge is 2.23. The van der Waals surface area contributed by atoms with Gasteiger partial charge < -0.3 is 19.9 Å². The first-order valence-corrected chi connectivity index (χ1v) is 7.80. The fourth-order valence-corrected chi connectivity index (χ4v) is 3.24. The molecule has 0 spiro atoms. The Morgan fingerprint density at radius 3 is 3.05 bits per heavy atom. The standard InChI is InChI=1S/C14H23N3O2S/c1-11-10-17(6-7-19-11)14(18)15-9-12(16(2)3)13-5-4-8-20-13/h4-5,8,11-12H,6-7,9-10H2,1-3H3,(H,15,18)/t11-,12-/m0/s1. The summed E-state index contributed by atoms with van der Waals surface area (Å²) >= 11 is 1.72. The molecule has 1 aliphatic heterocycles. The van der Waals surface area contributed by atoms with Crippen molar-refractivity contribution in [2.45, 2.75) is 19.1 Å². The molecule has 0 unspecified atom stereocenters. The number of carbonyl (C=O) groups is 1. The summed E-state index contributed by atoms with van der Waals surface area (Å²) in [5, 5.41) is 5.11. The van der Waals surface area contributed by atoms with Gasteiger partial charge in [-0.2, -0.15) is 0 Å². The minimum absolute atomic E-state index is 0.00329. The molecule has 5 nitrogen and oxygen atoms in total. The molecule has 2 heterocycles. The molecule has 0 aliphatic carbocycles. The van der Waals surface area contributed by atoms with Crippen LogP contribution in [0.2, 0.25) is 0 Å². The normalized spacial score (nSPS) is 21.0. The second-order valence-electron chi connectivity index (χ2n) is 5.31. The topological polar surface area (TPSA) is 44.8 Å². The fourth-order valence-electron chi connectivity index (χ4n) is 2.32. The van der Waals surface area contributed by atoms with Crippen LogP contribution in [0, 0.1) is 0 Å². The molecule has 2 rings (SSSR count). The lowest BCUT2D eigenvalue weighted by Gasteiger charge is -2.32. The third kappa shape index (κ3) is 3.94. The third-order valence-corrected chi connectivity index (χ3v) is 4.44. The van der Waals surface area contributed by atoms with Crippen LogP contribution in [0.5, 0.6) is 0 Å². The lowest BCUT2D eigenvalue weighted by Crippen LogP contribution is -2.50. The van der Waals surface area contributed by atoms with Gasteiger partial charge in [0.05, 0.1) is 18.8 Å². The van der Waals surface area contributed by atoms with Crippen LogP contribution >= 0.6 is 11.3 Å². The number of thiophene rings is 1. The Morgan fingerprint density at radius 2 is 2.45 bits per heavy atom. The molecule has 2 atom stereocenters. The van der Waals surface area contributed by atoms with E-state index < -0.39 is 0 Å². The number of hydrogen-bond acceptors (Lipinski definition) is 4. The van der Waals surface area contributed by atoms with Crippen molar-refractivity contribution in [2.75, 3.05) is 40.3 Å². The first-order valence-electron chi connectivity index (χ1n) is 6.92. The second kappa shape index (κ2) is 7.06. The lowest BCUT2D eigenvalue weighted by atomic mass is 10.2. The highest BCUT2D eigenvalue weighted by atomic mass is 32.1. The van der Waals surface area contributed by atoms with Crippen molar-refractivity contribution in [1.29, 1.82) is 0 Å². The molecule has 0 radical (unpaired) electrons. The molecular formula is C14H23N3O2S. The minimum atomic E-state index is 0.00329. The summed E-state index contributed by atoms with van der Waals surface area (Å²) in [6.07, 6.45) is 0.122. The number of nitrogens with zero attached hydrogens (tertiary/aromatic N) is 2. The van der Waals surface area contributed by atoms with Crippen molar-refractivity contribution >= 4 is 17.4 Å². The number of likely N-dealkylation sites (N-methyl/N-ethyl adjacent to an activating group) is 1. The molecule has 1 aliphatic rings. The average Bonchev–Trinajstić information content (AvgIpc) is 2.92. The summed E-state index contributed by atoms with van der Waals surface area (Å²) < 4.78 is 5.45. The number of nitrogens with one attached hydrogen (secondary N) is 1. The van der Waals surface area contributed by atoms with Crippen LogP contribution in [0.1, 0.15) is 17.8 Å². The van der Waals surface area contributed by atoms with E-state index in [1.165, 1.54) is 4.88 Å². The van der Waals surface area contributed by atoms with E-state index in [0.29, 0.717) is 26.2 Å². The number of carbonyl (C=O) groups excluding carboxylic acids is 1. The van der Waals surface area contributed by atoms with E-state index in [2.05, 4.69) is 21.7 Å². The van der Waals surface area contributed by atoms with Crippen molar-refractivity contribution in [3.63, 3.8) is 0 Å². The summed E-state index contributed by atoms with van der Waals surface area (Å²) in [6.45, 7) is 4.57. The molecule has 0 saturated carbocycles. The zero-order chi connectivity index (χ0) is 14.5. The number of amides is 2.